The average Bonchev–Trinajstić information content (AvgIpc) is 3.22. The highest BCUT2D eigenvalue weighted by Crippen LogP contribution is 2.41. The summed E-state index contributed by atoms with van der Waals surface area (Å²) < 4.78 is 45.2. The van der Waals surface area contributed by atoms with Gasteiger partial charge in [-0.25, -0.2) is 27.0 Å². The van der Waals surface area contributed by atoms with Crippen LogP contribution in [0.2, 0.25) is 0 Å². The molecule has 30 heavy (non-hydrogen) atoms. The van der Waals surface area contributed by atoms with E-state index in [9.17, 15) is 17.6 Å². The molecule has 4 rings (SSSR count). The normalized spacial score (nSPS) is 35.9. The van der Waals surface area contributed by atoms with E-state index in [0.717, 1.165) is 6.54 Å². The fourth-order valence-electron chi connectivity index (χ4n) is 4.70. The number of alkyl halides is 1. The monoisotopic (exact) mass is 464 g/mol. The summed E-state index contributed by atoms with van der Waals surface area (Å²) in [5, 5.41) is 2.75. The van der Waals surface area contributed by atoms with Gasteiger partial charge in [0.25, 0.3) is 0 Å². The molecular formula is C18H33FN6O3S2. The first kappa shape index (κ1) is 22.5. The molecular weight excluding hydrogens is 431 g/mol. The van der Waals surface area contributed by atoms with Gasteiger partial charge >= 0.3 is 6.03 Å². The van der Waals surface area contributed by atoms with Crippen LogP contribution in [0.5, 0.6) is 0 Å². The number of sulfonamides is 1. The van der Waals surface area contributed by atoms with E-state index in [-0.39, 0.29) is 29.8 Å². The third-order valence-electron chi connectivity index (χ3n) is 6.65. The van der Waals surface area contributed by atoms with Gasteiger partial charge in [-0.1, -0.05) is 0 Å². The van der Waals surface area contributed by atoms with Gasteiger partial charge in [0, 0.05) is 13.1 Å². The summed E-state index contributed by atoms with van der Waals surface area (Å²) in [6.45, 7) is 2.69. The molecule has 2 aliphatic heterocycles. The van der Waals surface area contributed by atoms with Crippen LogP contribution in [0.4, 0.5) is 9.18 Å². The number of fused-ring (bicyclic) bond motifs is 1. The number of amides is 2. The van der Waals surface area contributed by atoms with E-state index in [4.69, 9.17) is 0 Å². The number of rotatable bonds is 8. The van der Waals surface area contributed by atoms with E-state index in [0.29, 0.717) is 38.6 Å². The van der Waals surface area contributed by atoms with Crippen LogP contribution in [0.25, 0.3) is 0 Å². The Morgan fingerprint density at radius 1 is 1.30 bits per heavy atom. The van der Waals surface area contributed by atoms with Crippen molar-refractivity contribution in [2.75, 3.05) is 33.9 Å². The highest BCUT2D eigenvalue weighted by Gasteiger charge is 2.55. The number of nitrogens with zero attached hydrogens (tertiary/aromatic N) is 3. The molecule has 0 radical (unpaired) electrons. The average molecular weight is 465 g/mol. The van der Waals surface area contributed by atoms with Crippen molar-refractivity contribution >= 4 is 28.0 Å². The molecule has 12 heteroatoms. The zero-order valence-electron chi connectivity index (χ0n) is 17.8. The third kappa shape index (κ3) is 4.31. The first-order valence-corrected chi connectivity index (χ1v) is 13.1. The van der Waals surface area contributed by atoms with E-state index in [1.807, 2.05) is 35.7 Å². The molecule has 3 N–H and O–H groups in total. The number of halogens is 1. The third-order valence-corrected chi connectivity index (χ3v) is 9.75. The number of carbonyl (C=O) groups is 1. The summed E-state index contributed by atoms with van der Waals surface area (Å²) in [5.41, 5.74) is -1.12. The first-order chi connectivity index (χ1) is 14.2. The molecule has 4 aliphatic rings. The largest absolute Gasteiger partial charge is 0.322 e. The van der Waals surface area contributed by atoms with Crippen molar-refractivity contribution < 1.29 is 17.6 Å². The van der Waals surface area contributed by atoms with Gasteiger partial charge in [-0.05, 0) is 65.1 Å². The van der Waals surface area contributed by atoms with E-state index in [1.54, 1.807) is 0 Å². The molecule has 2 aliphatic carbocycles. The quantitative estimate of drug-likeness (QED) is 0.449. The number of nitrogens with one attached hydrogen (secondary N) is 3. The molecule has 172 valence electrons. The lowest BCUT2D eigenvalue weighted by Gasteiger charge is -2.37. The lowest BCUT2D eigenvalue weighted by molar-refractivity contribution is 0.171. The lowest BCUT2D eigenvalue weighted by atomic mass is 9.90. The Balaban J connectivity index is 1.53. The molecule has 5 unspecified atom stereocenters. The van der Waals surface area contributed by atoms with E-state index in [1.165, 1.54) is 11.9 Å². The maximum atomic E-state index is 13.4. The summed E-state index contributed by atoms with van der Waals surface area (Å²) in [6.07, 6.45) is 2.66. The molecule has 0 aromatic heterocycles. The lowest BCUT2D eigenvalue weighted by Crippen LogP contribution is -2.53. The molecule has 0 spiro atoms. The Kier molecular flexibility index (Phi) is 6.28. The Morgan fingerprint density at radius 3 is 2.60 bits per heavy atom. The van der Waals surface area contributed by atoms with Gasteiger partial charge in [-0.2, -0.15) is 0 Å². The van der Waals surface area contributed by atoms with Crippen molar-refractivity contribution in [1.29, 1.82) is 0 Å². The topological polar surface area (TPSA) is 97.0 Å². The number of likely N-dealkylation sites (N-methyl/N-ethyl adjacent to an activating group) is 1. The fourth-order valence-corrected chi connectivity index (χ4v) is 7.66. The number of urea groups is 1. The Labute approximate surface area is 182 Å². The highest BCUT2D eigenvalue weighted by atomic mass is 32.2. The van der Waals surface area contributed by atoms with Crippen LogP contribution in [0, 0.1) is 0 Å². The number of hydrogen-bond donors (Lipinski definition) is 3. The molecule has 9 nitrogen and oxygen atoms in total. The van der Waals surface area contributed by atoms with Gasteiger partial charge in [0.1, 0.15) is 12.2 Å². The van der Waals surface area contributed by atoms with Gasteiger partial charge in [-0.15, -0.1) is 0 Å². The van der Waals surface area contributed by atoms with Crippen LogP contribution in [0.1, 0.15) is 39.0 Å². The minimum Gasteiger partial charge on any atom is -0.318 e. The van der Waals surface area contributed by atoms with Crippen molar-refractivity contribution in [3.8, 4) is 0 Å². The molecule has 2 amide bonds. The van der Waals surface area contributed by atoms with Crippen molar-refractivity contribution in [3.63, 3.8) is 0 Å². The van der Waals surface area contributed by atoms with Gasteiger partial charge in [0.05, 0.1) is 29.0 Å². The molecule has 0 bridgehead atoms. The van der Waals surface area contributed by atoms with Gasteiger partial charge in [-0.3, -0.25) is 10.2 Å². The molecule has 2 saturated carbocycles. The molecule has 0 aromatic carbocycles. The van der Waals surface area contributed by atoms with Crippen LogP contribution in [-0.2, 0) is 10.0 Å². The molecule has 2 saturated heterocycles. The Morgan fingerprint density at radius 2 is 2.03 bits per heavy atom. The second-order valence-corrected chi connectivity index (χ2v) is 12.2. The molecule has 4 fully saturated rings. The Hall–Kier alpha value is -0.660. The van der Waals surface area contributed by atoms with Crippen molar-refractivity contribution in [2.45, 2.75) is 73.6 Å². The second kappa shape index (κ2) is 8.36. The van der Waals surface area contributed by atoms with Crippen molar-refractivity contribution in [2.24, 2.45) is 0 Å². The predicted octanol–water partition coefficient (Wildman–Crippen LogP) is 0.467. The maximum absolute atomic E-state index is 13.4. The van der Waals surface area contributed by atoms with Gasteiger partial charge in [0.2, 0.25) is 10.0 Å². The zero-order chi connectivity index (χ0) is 21.7. The molecule has 2 heterocycles. The van der Waals surface area contributed by atoms with Crippen LogP contribution < -0.4 is 14.8 Å². The number of hydrogen-bond acceptors (Lipinski definition) is 7. The van der Waals surface area contributed by atoms with Gasteiger partial charge < -0.3 is 9.80 Å². The van der Waals surface area contributed by atoms with Crippen molar-refractivity contribution in [3.05, 3.63) is 0 Å². The predicted molar refractivity (Wildman–Crippen MR) is 115 cm³/mol. The van der Waals surface area contributed by atoms with E-state index >= 15 is 0 Å². The maximum Gasteiger partial charge on any atom is 0.322 e. The minimum absolute atomic E-state index is 0.00161. The van der Waals surface area contributed by atoms with Crippen LogP contribution >= 0.6 is 11.9 Å². The smallest absolute Gasteiger partial charge is 0.318 e. The van der Waals surface area contributed by atoms with Crippen molar-refractivity contribution in [1.82, 2.24) is 29.5 Å². The summed E-state index contributed by atoms with van der Waals surface area (Å²) in [7, 11) is 0.306. The highest BCUT2D eigenvalue weighted by molar-refractivity contribution is 7.98. The minimum atomic E-state index is -3.65. The molecule has 0 aromatic rings. The van der Waals surface area contributed by atoms with Crippen LogP contribution in [-0.4, -0.2) is 97.5 Å². The van der Waals surface area contributed by atoms with Crippen LogP contribution in [0.15, 0.2) is 0 Å². The fraction of sp³-hybridized carbons (Fsp3) is 0.944. The van der Waals surface area contributed by atoms with E-state index < -0.39 is 27.5 Å². The zero-order valence-corrected chi connectivity index (χ0v) is 19.4. The standard InChI is InChI=1S/C18H33FN6O3S2/c1-12-20-16(29-21-12)25-15-10-13(30(27,28)22-18(11-19)6-7-18)4-5-14(15)24(17(25)26)9-8-23(2)3/h12-16,20-22H,4-11H2,1-3H3. The SMILES string of the molecule is CC1NSC(N2C(=O)N(CCN(C)C)C3CCC(S(=O)(=O)NC4(CF)CC4)CC32)N1. The van der Waals surface area contributed by atoms with E-state index in [2.05, 4.69) is 14.8 Å². The Bertz CT molecular complexity index is 765. The molecule has 5 atom stereocenters. The second-order valence-electron chi connectivity index (χ2n) is 9.29. The summed E-state index contributed by atoms with van der Waals surface area (Å²) in [4.78, 5) is 19.1. The first-order valence-electron chi connectivity index (χ1n) is 10.7. The summed E-state index contributed by atoms with van der Waals surface area (Å²) in [5.74, 6) is 0. The summed E-state index contributed by atoms with van der Waals surface area (Å²) in [6, 6.07) is -0.230. The summed E-state index contributed by atoms with van der Waals surface area (Å²) >= 11 is 1.46. The van der Waals surface area contributed by atoms with Gasteiger partial charge in [0.15, 0.2) is 0 Å². The number of carbonyl (C=O) groups excluding carboxylic acids is 1. The van der Waals surface area contributed by atoms with Crippen LogP contribution in [0.3, 0.4) is 0 Å².